The van der Waals surface area contributed by atoms with Crippen LogP contribution in [0.25, 0.3) is 23.4 Å². The fraction of sp³-hybridized carbons (Fsp3) is 0.375. The predicted molar refractivity (Wildman–Crippen MR) is 210 cm³/mol. The van der Waals surface area contributed by atoms with Gasteiger partial charge in [0, 0.05) is 85.6 Å². The average molecular weight is 801 g/mol. The number of ketones is 1. The van der Waals surface area contributed by atoms with Crippen LogP contribution in [0, 0.1) is 6.92 Å². The van der Waals surface area contributed by atoms with Gasteiger partial charge in [0.05, 0.1) is 30.3 Å². The Morgan fingerprint density at radius 1 is 0.887 bits per heavy atom. The molecule has 0 bridgehead atoms. The molecule has 0 saturated carbocycles. The van der Waals surface area contributed by atoms with Crippen molar-refractivity contribution in [3.8, 4) is 11.3 Å². The minimum Gasteiger partial charge on any atom is -0.463 e. The average Bonchev–Trinajstić information content (AvgIpc) is 3.84. The fourth-order valence-electron chi connectivity index (χ4n) is 5.85. The van der Waals surface area contributed by atoms with Crippen LogP contribution in [0.1, 0.15) is 64.7 Å². The summed E-state index contributed by atoms with van der Waals surface area (Å²) in [5.74, 6) is -0.205. The maximum atomic E-state index is 13.4. The molecule has 0 atom stereocenters. The Hall–Kier alpha value is -4.59. The van der Waals surface area contributed by atoms with E-state index in [1.165, 1.54) is 0 Å². The molecule has 53 heavy (non-hydrogen) atoms. The summed E-state index contributed by atoms with van der Waals surface area (Å²) in [6.07, 6.45) is 12.6. The number of halogens is 1. The summed E-state index contributed by atoms with van der Waals surface area (Å²) >= 11 is 3.34. The van der Waals surface area contributed by atoms with Gasteiger partial charge in [0.15, 0.2) is 11.6 Å². The van der Waals surface area contributed by atoms with Crippen LogP contribution < -0.4 is 0 Å². The molecule has 2 aliphatic carbocycles. The molecular weight excluding hydrogens is 754 g/mol. The molecule has 0 unspecified atom stereocenters. The number of Topliss-reactive ketones (excluding diaryl/α,β-unsaturated/α-hetero) is 1. The Morgan fingerprint density at radius 3 is 2.09 bits per heavy atom. The Labute approximate surface area is 320 Å². The van der Waals surface area contributed by atoms with Gasteiger partial charge in [-0.3, -0.25) is 19.7 Å². The van der Waals surface area contributed by atoms with Crippen molar-refractivity contribution in [2.45, 2.75) is 78.9 Å². The molecule has 0 aromatic carbocycles. The van der Waals surface area contributed by atoms with E-state index in [1.54, 1.807) is 38.6 Å². The third-order valence-corrected chi connectivity index (χ3v) is 10.9. The minimum absolute atomic E-state index is 0.0384. The highest BCUT2D eigenvalue weighted by Crippen LogP contribution is 2.31. The fourth-order valence-corrected chi connectivity index (χ4v) is 6.95. The van der Waals surface area contributed by atoms with Crippen LogP contribution in [0.15, 0.2) is 64.7 Å². The molecule has 0 N–H and O–H groups in total. The number of aromatic nitrogens is 5. The first-order valence-electron chi connectivity index (χ1n) is 17.8. The Balaban J connectivity index is 0.000000300. The molecule has 4 aromatic heterocycles. The lowest BCUT2D eigenvalue weighted by Crippen LogP contribution is -2.22. The van der Waals surface area contributed by atoms with Crippen molar-refractivity contribution >= 4 is 53.9 Å². The van der Waals surface area contributed by atoms with Gasteiger partial charge in [0.2, 0.25) is 0 Å². The molecular formula is C40H46BrN5O6Si. The number of fused-ring (bicyclic) bond motifs is 2. The number of carbonyl (C=O) groups is 3. The summed E-state index contributed by atoms with van der Waals surface area (Å²) in [7, 11) is -1.24. The number of imidazole rings is 1. The Morgan fingerprint density at radius 2 is 1.49 bits per heavy atom. The number of carbonyl (C=O) groups excluding carboxylic acids is 3. The van der Waals surface area contributed by atoms with Gasteiger partial charge in [-0.1, -0.05) is 19.6 Å². The highest BCUT2D eigenvalue weighted by molar-refractivity contribution is 9.10. The highest BCUT2D eigenvalue weighted by Gasteiger charge is 2.25. The summed E-state index contributed by atoms with van der Waals surface area (Å²) in [4.78, 5) is 54.8. The Bertz CT molecular complexity index is 2040. The summed E-state index contributed by atoms with van der Waals surface area (Å²) in [5.41, 5.74) is 8.30. The molecule has 13 heteroatoms. The van der Waals surface area contributed by atoms with E-state index in [0.29, 0.717) is 68.2 Å². The van der Waals surface area contributed by atoms with Crippen molar-refractivity contribution in [3.05, 3.63) is 104 Å². The number of pyridine rings is 3. The maximum Gasteiger partial charge on any atom is 0.334 e. The zero-order valence-corrected chi connectivity index (χ0v) is 33.8. The van der Waals surface area contributed by atoms with E-state index in [2.05, 4.69) is 50.5 Å². The lowest BCUT2D eigenvalue weighted by Gasteiger charge is -2.16. The number of nitrogens with zero attached hydrogens (tertiary/aromatic N) is 5. The first kappa shape index (κ1) is 39.6. The van der Waals surface area contributed by atoms with E-state index in [1.807, 2.05) is 47.9 Å². The number of hydrogen-bond donors (Lipinski definition) is 0. The minimum atomic E-state index is -1.24. The molecule has 0 radical (unpaired) electrons. The molecule has 0 fully saturated rings. The van der Waals surface area contributed by atoms with Crippen molar-refractivity contribution in [1.82, 2.24) is 24.5 Å². The van der Waals surface area contributed by atoms with Gasteiger partial charge in [-0.05, 0) is 102 Å². The van der Waals surface area contributed by atoms with Crippen LogP contribution in [0.4, 0.5) is 0 Å². The van der Waals surface area contributed by atoms with Crippen molar-refractivity contribution in [2.24, 2.45) is 0 Å². The van der Waals surface area contributed by atoms with Crippen LogP contribution in [0.3, 0.4) is 0 Å². The predicted octanol–water partition coefficient (Wildman–Crippen LogP) is 7.63. The van der Waals surface area contributed by atoms with E-state index < -0.39 is 8.07 Å². The summed E-state index contributed by atoms with van der Waals surface area (Å²) < 4.78 is 18.9. The normalized spacial score (nSPS) is 13.0. The van der Waals surface area contributed by atoms with E-state index >= 15 is 0 Å². The van der Waals surface area contributed by atoms with E-state index in [4.69, 9.17) is 19.2 Å². The number of esters is 2. The molecule has 11 nitrogen and oxygen atoms in total. The smallest absolute Gasteiger partial charge is 0.334 e. The van der Waals surface area contributed by atoms with Crippen molar-refractivity contribution in [1.29, 1.82) is 0 Å². The van der Waals surface area contributed by atoms with Crippen molar-refractivity contribution < 1.29 is 28.6 Å². The molecule has 0 saturated heterocycles. The molecule has 0 spiro atoms. The summed E-state index contributed by atoms with van der Waals surface area (Å²) in [5, 5.41) is 0. The number of hydrogen-bond acceptors (Lipinski definition) is 10. The Kier molecular flexibility index (Phi) is 13.4. The molecule has 6 rings (SSSR count). The lowest BCUT2D eigenvalue weighted by molar-refractivity contribution is -0.139. The number of aryl methyl sites for hydroxylation is 1. The van der Waals surface area contributed by atoms with Crippen molar-refractivity contribution in [3.63, 3.8) is 0 Å². The van der Waals surface area contributed by atoms with Crippen molar-refractivity contribution in [2.75, 3.05) is 19.8 Å². The van der Waals surface area contributed by atoms with E-state index in [9.17, 15) is 14.4 Å². The van der Waals surface area contributed by atoms with Gasteiger partial charge in [0.1, 0.15) is 6.73 Å². The standard InChI is InChI=1S/C29H36N4O4Si.C11H10BrNO2/c1-6-37-29(35)23-15-22-16-24(18-31-25(22)17-23)27-20(2)33(19-36-13-14-38(3,4)5)28(32-27)26(34)8-7-21-9-11-30-12-10-21;1-2-15-11(14)8-3-7-4-9(12)6-13-10(7)5-8/h9-12,15-16,18H,6-8,13-14,17,19H2,1-5H3;3-4,6H,2,5H2,1H3. The first-order valence-corrected chi connectivity index (χ1v) is 22.3. The second kappa shape index (κ2) is 18.0. The second-order valence-electron chi connectivity index (χ2n) is 14.0. The largest absolute Gasteiger partial charge is 0.463 e. The highest BCUT2D eigenvalue weighted by atomic mass is 79.9. The molecule has 0 aliphatic heterocycles. The van der Waals surface area contributed by atoms with Crippen LogP contribution >= 0.6 is 15.9 Å². The summed E-state index contributed by atoms with van der Waals surface area (Å²) in [6.45, 7) is 14.1. The molecule has 0 amide bonds. The van der Waals surface area contributed by atoms with Gasteiger partial charge in [-0.15, -0.1) is 0 Å². The van der Waals surface area contributed by atoms with Gasteiger partial charge < -0.3 is 18.8 Å². The zero-order chi connectivity index (χ0) is 38.1. The molecule has 2 aliphatic rings. The van der Waals surface area contributed by atoms with E-state index in [-0.39, 0.29) is 24.5 Å². The van der Waals surface area contributed by atoms with Gasteiger partial charge in [-0.25, -0.2) is 14.6 Å². The molecule has 278 valence electrons. The molecule has 4 heterocycles. The van der Waals surface area contributed by atoms with Gasteiger partial charge in [-0.2, -0.15) is 0 Å². The van der Waals surface area contributed by atoms with Crippen LogP contribution in [0.2, 0.25) is 25.7 Å². The van der Waals surface area contributed by atoms with Crippen LogP contribution in [0.5, 0.6) is 0 Å². The topological polar surface area (TPSA) is 135 Å². The first-order chi connectivity index (χ1) is 25.4. The van der Waals surface area contributed by atoms with E-state index in [0.717, 1.165) is 49.9 Å². The number of ether oxygens (including phenoxy) is 3. The van der Waals surface area contributed by atoms with Gasteiger partial charge in [0.25, 0.3) is 0 Å². The SMILES string of the molecule is CCOC(=O)C1=Cc2cc(-c3nc(C(=O)CCc4ccncc4)n(COCC[Si](C)(C)C)c3C)cnc2C1.CCOC(=O)C1=Cc2cc(Br)cnc2C1. The second-order valence-corrected chi connectivity index (χ2v) is 20.5. The molecule has 4 aromatic rings. The van der Waals surface area contributed by atoms with Gasteiger partial charge >= 0.3 is 11.9 Å². The zero-order valence-electron chi connectivity index (χ0n) is 31.2. The number of rotatable bonds is 14. The third kappa shape index (κ3) is 10.5. The third-order valence-electron chi connectivity index (χ3n) is 8.78. The lowest BCUT2D eigenvalue weighted by atomic mass is 10.1. The van der Waals surface area contributed by atoms with Crippen LogP contribution in [-0.4, -0.2) is 70.1 Å². The van der Waals surface area contributed by atoms with Crippen LogP contribution in [-0.2, 0) is 49.8 Å². The monoisotopic (exact) mass is 799 g/mol. The quantitative estimate of drug-likeness (QED) is 0.0543. The summed E-state index contributed by atoms with van der Waals surface area (Å²) in [6, 6.07) is 8.82. The maximum absolute atomic E-state index is 13.4.